The van der Waals surface area contributed by atoms with Gasteiger partial charge in [-0.1, -0.05) is 11.6 Å². The van der Waals surface area contributed by atoms with E-state index in [1.807, 2.05) is 38.9 Å². The number of carbonyl (C=O) groups is 1. The van der Waals surface area contributed by atoms with Crippen molar-refractivity contribution in [2.45, 2.75) is 13.8 Å². The average molecular weight is 304 g/mol. The lowest BCUT2D eigenvalue weighted by Gasteiger charge is -2.18. The molecule has 0 spiro atoms. The monoisotopic (exact) mass is 303 g/mol. The molecule has 2 aromatic rings. The first kappa shape index (κ1) is 15.3. The highest BCUT2D eigenvalue weighted by Crippen LogP contribution is 2.28. The minimum absolute atomic E-state index is 0.172. The van der Waals surface area contributed by atoms with E-state index in [9.17, 15) is 4.79 Å². The second kappa shape index (κ2) is 6.14. The molecular weight excluding hydrogens is 286 g/mol. The van der Waals surface area contributed by atoms with Gasteiger partial charge in [0.1, 0.15) is 0 Å². The van der Waals surface area contributed by atoms with Gasteiger partial charge < -0.3 is 10.2 Å². The minimum Gasteiger partial charge on any atom is -0.376 e. The number of pyridine rings is 1. The summed E-state index contributed by atoms with van der Waals surface area (Å²) in [6.45, 7) is 3.74. The largest absolute Gasteiger partial charge is 0.376 e. The van der Waals surface area contributed by atoms with Crippen molar-refractivity contribution in [1.29, 1.82) is 0 Å². The number of aryl methyl sites for hydroxylation is 2. The zero-order valence-corrected chi connectivity index (χ0v) is 13.3. The number of hydrogen-bond acceptors (Lipinski definition) is 3. The van der Waals surface area contributed by atoms with Crippen LogP contribution in [0.25, 0.3) is 0 Å². The number of rotatable bonds is 3. The van der Waals surface area contributed by atoms with Gasteiger partial charge in [-0.05, 0) is 44.2 Å². The first-order valence-corrected chi connectivity index (χ1v) is 6.98. The van der Waals surface area contributed by atoms with Crippen molar-refractivity contribution in [1.82, 2.24) is 4.98 Å². The summed E-state index contributed by atoms with van der Waals surface area (Å²) in [4.78, 5) is 18.6. The number of halogens is 1. The van der Waals surface area contributed by atoms with E-state index in [1.54, 1.807) is 24.3 Å². The van der Waals surface area contributed by atoms with Crippen molar-refractivity contribution in [2.24, 2.45) is 0 Å². The fourth-order valence-electron chi connectivity index (χ4n) is 2.16. The van der Waals surface area contributed by atoms with E-state index >= 15 is 0 Å². The zero-order valence-electron chi connectivity index (χ0n) is 12.6. The average Bonchev–Trinajstić information content (AvgIpc) is 2.37. The quantitative estimate of drug-likeness (QED) is 0.941. The lowest BCUT2D eigenvalue weighted by atomic mass is 10.1. The Labute approximate surface area is 129 Å². The number of anilines is 2. The van der Waals surface area contributed by atoms with Crippen LogP contribution < -0.4 is 10.2 Å². The van der Waals surface area contributed by atoms with E-state index in [-0.39, 0.29) is 5.91 Å². The molecule has 1 N–H and O–H groups in total. The highest BCUT2D eigenvalue weighted by Gasteiger charge is 2.12. The van der Waals surface area contributed by atoms with E-state index in [4.69, 9.17) is 11.6 Å². The number of aromatic nitrogens is 1. The van der Waals surface area contributed by atoms with Gasteiger partial charge in [0, 0.05) is 36.1 Å². The third-order valence-electron chi connectivity index (χ3n) is 3.03. The van der Waals surface area contributed by atoms with Crippen LogP contribution in [0.15, 0.2) is 30.3 Å². The number of carbonyl (C=O) groups excluding carboxylic acids is 1. The van der Waals surface area contributed by atoms with Crippen molar-refractivity contribution < 1.29 is 4.79 Å². The van der Waals surface area contributed by atoms with Crippen LogP contribution in [0.4, 0.5) is 11.4 Å². The molecule has 110 valence electrons. The molecule has 5 heteroatoms. The summed E-state index contributed by atoms with van der Waals surface area (Å²) < 4.78 is 0. The van der Waals surface area contributed by atoms with Gasteiger partial charge in [-0.3, -0.25) is 9.78 Å². The van der Waals surface area contributed by atoms with Gasteiger partial charge in [0.15, 0.2) is 0 Å². The molecule has 1 amide bonds. The number of hydrogen-bond donors (Lipinski definition) is 1. The first-order valence-electron chi connectivity index (χ1n) is 6.60. The molecule has 0 radical (unpaired) electrons. The molecule has 1 aromatic carbocycles. The fraction of sp³-hybridized carbons (Fsp3) is 0.250. The molecular formula is C16H18ClN3O. The van der Waals surface area contributed by atoms with Crippen LogP contribution in [0.3, 0.4) is 0 Å². The van der Waals surface area contributed by atoms with Gasteiger partial charge >= 0.3 is 0 Å². The molecule has 0 bridgehead atoms. The van der Waals surface area contributed by atoms with E-state index in [2.05, 4.69) is 10.3 Å². The molecule has 0 atom stereocenters. The Morgan fingerprint density at radius 2 is 1.76 bits per heavy atom. The molecule has 0 aliphatic heterocycles. The van der Waals surface area contributed by atoms with Gasteiger partial charge in [0.25, 0.3) is 5.91 Å². The topological polar surface area (TPSA) is 45.2 Å². The van der Waals surface area contributed by atoms with Gasteiger partial charge in [-0.2, -0.15) is 0 Å². The third kappa shape index (κ3) is 3.73. The summed E-state index contributed by atoms with van der Waals surface area (Å²) in [6, 6.07) is 8.95. The molecule has 0 aliphatic carbocycles. The Morgan fingerprint density at radius 1 is 1.14 bits per heavy atom. The van der Waals surface area contributed by atoms with Crippen LogP contribution in [-0.4, -0.2) is 25.0 Å². The van der Waals surface area contributed by atoms with Crippen molar-refractivity contribution in [3.8, 4) is 0 Å². The first-order chi connectivity index (χ1) is 9.86. The van der Waals surface area contributed by atoms with E-state index in [0.29, 0.717) is 16.3 Å². The van der Waals surface area contributed by atoms with Gasteiger partial charge in [0.05, 0.1) is 11.4 Å². The van der Waals surface area contributed by atoms with Crippen molar-refractivity contribution >= 4 is 28.9 Å². The summed E-state index contributed by atoms with van der Waals surface area (Å²) in [6.07, 6.45) is 0. The Bertz CT molecular complexity index is 663. The van der Waals surface area contributed by atoms with Crippen molar-refractivity contribution in [2.75, 3.05) is 24.3 Å². The normalized spacial score (nSPS) is 10.3. The van der Waals surface area contributed by atoms with E-state index in [0.717, 1.165) is 17.1 Å². The molecule has 4 nitrogen and oxygen atoms in total. The number of nitrogens with zero attached hydrogens (tertiary/aromatic N) is 2. The van der Waals surface area contributed by atoms with Gasteiger partial charge in [0.2, 0.25) is 0 Å². The molecule has 21 heavy (non-hydrogen) atoms. The molecule has 0 aliphatic rings. The highest BCUT2D eigenvalue weighted by atomic mass is 35.5. The van der Waals surface area contributed by atoms with Crippen LogP contribution in [0.5, 0.6) is 0 Å². The maximum atomic E-state index is 12.4. The molecule has 1 aromatic heterocycles. The third-order valence-corrected chi connectivity index (χ3v) is 3.27. The van der Waals surface area contributed by atoms with Crippen LogP contribution >= 0.6 is 11.6 Å². The summed E-state index contributed by atoms with van der Waals surface area (Å²) in [7, 11) is 3.83. The van der Waals surface area contributed by atoms with Crippen LogP contribution in [-0.2, 0) is 0 Å². The Kier molecular flexibility index (Phi) is 4.48. The second-order valence-corrected chi connectivity index (χ2v) is 5.59. The smallest absolute Gasteiger partial charge is 0.255 e. The van der Waals surface area contributed by atoms with Crippen molar-refractivity contribution in [3.63, 3.8) is 0 Å². The number of benzene rings is 1. The number of nitrogens with one attached hydrogen (secondary N) is 1. The van der Waals surface area contributed by atoms with Crippen LogP contribution in [0, 0.1) is 13.8 Å². The lowest BCUT2D eigenvalue weighted by Crippen LogP contribution is -2.17. The maximum Gasteiger partial charge on any atom is 0.255 e. The predicted molar refractivity (Wildman–Crippen MR) is 87.4 cm³/mol. The highest BCUT2D eigenvalue weighted by molar-refractivity contribution is 6.31. The van der Waals surface area contributed by atoms with Gasteiger partial charge in [-0.15, -0.1) is 0 Å². The Hall–Kier alpha value is -2.07. The lowest BCUT2D eigenvalue weighted by molar-refractivity contribution is 0.102. The summed E-state index contributed by atoms with van der Waals surface area (Å²) >= 11 is 6.02. The summed E-state index contributed by atoms with van der Waals surface area (Å²) in [5, 5.41) is 3.49. The predicted octanol–water partition coefficient (Wildman–Crippen LogP) is 3.67. The number of amides is 1. The maximum absolute atomic E-state index is 12.4. The Morgan fingerprint density at radius 3 is 2.33 bits per heavy atom. The van der Waals surface area contributed by atoms with Crippen molar-refractivity contribution in [3.05, 3.63) is 52.3 Å². The standard InChI is InChI=1S/C16H18ClN3O/c1-10-7-12(8-11(2)18-10)16(21)19-14-9-13(17)5-6-15(14)20(3)4/h5-9H,1-4H3,(H,19,21). The SMILES string of the molecule is Cc1cc(C(=O)Nc2cc(Cl)ccc2N(C)C)cc(C)n1. The summed E-state index contributed by atoms with van der Waals surface area (Å²) in [5.74, 6) is -0.172. The molecule has 0 saturated carbocycles. The molecule has 1 heterocycles. The van der Waals surface area contributed by atoms with E-state index in [1.165, 1.54) is 0 Å². The van der Waals surface area contributed by atoms with Gasteiger partial charge in [-0.25, -0.2) is 0 Å². The minimum atomic E-state index is -0.172. The van der Waals surface area contributed by atoms with Crippen LogP contribution in [0.1, 0.15) is 21.7 Å². The van der Waals surface area contributed by atoms with Crippen LogP contribution in [0.2, 0.25) is 5.02 Å². The second-order valence-electron chi connectivity index (χ2n) is 5.15. The zero-order chi connectivity index (χ0) is 15.6. The summed E-state index contributed by atoms with van der Waals surface area (Å²) in [5.41, 5.74) is 3.81. The van der Waals surface area contributed by atoms with E-state index < -0.39 is 0 Å². The fourth-order valence-corrected chi connectivity index (χ4v) is 2.33. The molecule has 0 saturated heterocycles. The molecule has 0 unspecified atom stereocenters. The molecule has 2 rings (SSSR count). The molecule has 0 fully saturated rings. The Balaban J connectivity index is 2.33.